The molecule has 0 saturated heterocycles. The Hall–Kier alpha value is -1.64. The summed E-state index contributed by atoms with van der Waals surface area (Å²) >= 11 is 0.635. The molecule has 0 bridgehead atoms. The molecule has 0 aliphatic heterocycles. The molecule has 0 radical (unpaired) electrons. The quantitative estimate of drug-likeness (QED) is 0.388. The molecule has 0 fully saturated rings. The smallest absolute Gasteiger partial charge is 0.325 e. The fraction of sp³-hybridized carbons (Fsp3) is 0.750. The van der Waals surface area contributed by atoms with E-state index in [1.807, 2.05) is 0 Å². The van der Waals surface area contributed by atoms with Gasteiger partial charge in [0.25, 0.3) is 0 Å². The number of hydrogen-bond donors (Lipinski definition) is 2. The second kappa shape index (κ2) is 8.60. The fourth-order valence-corrected chi connectivity index (χ4v) is 1.94. The SMILES string of the molecule is CC(=O)N[C@@H](C(=O)NCC(=O)OC(C)C)C(C)(C)SN=O. The minimum Gasteiger partial charge on any atom is -0.462 e. The standard InChI is InChI=1S/C12H21N3O5S/c1-7(2)20-9(17)6-13-11(18)10(14-8(3)16)12(4,5)21-15-19/h7,10H,6H2,1-5H3,(H,13,18)(H,14,16)/t10-/m0/s1. The number of carbonyl (C=O) groups is 3. The summed E-state index contributed by atoms with van der Waals surface area (Å²) in [6.45, 7) is 7.49. The maximum absolute atomic E-state index is 12.1. The first kappa shape index (κ1) is 19.4. The molecule has 0 spiro atoms. The highest BCUT2D eigenvalue weighted by Gasteiger charge is 2.37. The molecule has 0 aromatic heterocycles. The molecule has 0 heterocycles. The maximum Gasteiger partial charge on any atom is 0.325 e. The monoisotopic (exact) mass is 319 g/mol. The molecule has 9 heteroatoms. The van der Waals surface area contributed by atoms with Gasteiger partial charge in [0.15, 0.2) is 0 Å². The van der Waals surface area contributed by atoms with Gasteiger partial charge in [-0.15, -0.1) is 4.91 Å². The molecule has 2 amide bonds. The van der Waals surface area contributed by atoms with E-state index in [0.717, 1.165) is 0 Å². The molecule has 0 rings (SSSR count). The van der Waals surface area contributed by atoms with E-state index < -0.39 is 28.6 Å². The fourth-order valence-electron chi connectivity index (χ4n) is 1.47. The Morgan fingerprint density at radius 3 is 2.29 bits per heavy atom. The maximum atomic E-state index is 12.1. The highest BCUT2D eigenvalue weighted by atomic mass is 32.2. The largest absolute Gasteiger partial charge is 0.462 e. The van der Waals surface area contributed by atoms with Gasteiger partial charge in [0.1, 0.15) is 12.6 Å². The van der Waals surface area contributed by atoms with Gasteiger partial charge in [0, 0.05) is 23.5 Å². The summed E-state index contributed by atoms with van der Waals surface area (Å²) in [6, 6.07) is -1.01. The van der Waals surface area contributed by atoms with Gasteiger partial charge in [0.2, 0.25) is 11.8 Å². The van der Waals surface area contributed by atoms with Crippen LogP contribution in [0, 0.1) is 4.91 Å². The van der Waals surface area contributed by atoms with E-state index in [4.69, 9.17) is 4.74 Å². The van der Waals surface area contributed by atoms with Crippen LogP contribution >= 0.6 is 11.9 Å². The third kappa shape index (κ3) is 7.64. The molecule has 21 heavy (non-hydrogen) atoms. The van der Waals surface area contributed by atoms with Crippen molar-refractivity contribution in [2.75, 3.05) is 6.54 Å². The van der Waals surface area contributed by atoms with Crippen molar-refractivity contribution in [2.24, 2.45) is 4.58 Å². The number of nitrogens with zero attached hydrogens (tertiary/aromatic N) is 1. The lowest BCUT2D eigenvalue weighted by molar-refractivity contribution is -0.147. The minimum absolute atomic E-state index is 0.285. The summed E-state index contributed by atoms with van der Waals surface area (Å²) in [5, 5.41) is 4.82. The number of amides is 2. The molecule has 0 saturated carbocycles. The highest BCUT2D eigenvalue weighted by Crippen LogP contribution is 2.29. The summed E-state index contributed by atoms with van der Waals surface area (Å²) in [5.41, 5.74) is 0. The van der Waals surface area contributed by atoms with Crippen molar-refractivity contribution >= 4 is 29.7 Å². The lowest BCUT2D eigenvalue weighted by Gasteiger charge is -2.30. The Kier molecular flexibility index (Phi) is 7.93. The molecule has 8 nitrogen and oxygen atoms in total. The molecule has 2 N–H and O–H groups in total. The van der Waals surface area contributed by atoms with Crippen LogP contribution in [-0.2, 0) is 19.1 Å². The van der Waals surface area contributed by atoms with E-state index in [1.165, 1.54) is 6.92 Å². The van der Waals surface area contributed by atoms with Crippen LogP contribution in [-0.4, -0.2) is 41.2 Å². The van der Waals surface area contributed by atoms with E-state index in [2.05, 4.69) is 15.2 Å². The Labute approximate surface area is 127 Å². The zero-order chi connectivity index (χ0) is 16.6. The van der Waals surface area contributed by atoms with Gasteiger partial charge in [-0.25, -0.2) is 0 Å². The van der Waals surface area contributed by atoms with E-state index in [9.17, 15) is 19.3 Å². The summed E-state index contributed by atoms with van der Waals surface area (Å²) in [7, 11) is 0. The van der Waals surface area contributed by atoms with Gasteiger partial charge in [-0.05, 0) is 27.7 Å². The number of ether oxygens (including phenoxy) is 1. The van der Waals surface area contributed by atoms with Crippen LogP contribution < -0.4 is 10.6 Å². The molecule has 0 aliphatic carbocycles. The second-order valence-electron chi connectivity index (χ2n) is 5.16. The third-order valence-corrected chi connectivity index (χ3v) is 3.13. The van der Waals surface area contributed by atoms with E-state index in [1.54, 1.807) is 27.7 Å². The Balaban J connectivity index is 4.77. The molecule has 120 valence electrons. The molecule has 0 unspecified atom stereocenters. The second-order valence-corrected chi connectivity index (χ2v) is 6.54. The van der Waals surface area contributed by atoms with Crippen LogP contribution in [0.1, 0.15) is 34.6 Å². The highest BCUT2D eigenvalue weighted by molar-refractivity contribution is 7.99. The van der Waals surface area contributed by atoms with Crippen molar-refractivity contribution in [3.8, 4) is 0 Å². The predicted octanol–water partition coefficient (Wildman–Crippen LogP) is 0.752. The number of hydrogen-bond acceptors (Lipinski definition) is 7. The zero-order valence-corrected chi connectivity index (χ0v) is 13.6. The number of nitrogens with one attached hydrogen (secondary N) is 2. The summed E-state index contributed by atoms with van der Waals surface area (Å²) < 4.78 is 6.62. The van der Waals surface area contributed by atoms with Crippen LogP contribution in [0.4, 0.5) is 0 Å². The molecule has 0 aliphatic rings. The number of esters is 1. The van der Waals surface area contributed by atoms with Crippen molar-refractivity contribution in [2.45, 2.75) is 51.5 Å². The van der Waals surface area contributed by atoms with Crippen LogP contribution in [0.2, 0.25) is 0 Å². The van der Waals surface area contributed by atoms with Gasteiger partial charge in [-0.1, -0.05) is 0 Å². The topological polar surface area (TPSA) is 114 Å². The van der Waals surface area contributed by atoms with Crippen LogP contribution in [0.3, 0.4) is 0 Å². The first-order valence-electron chi connectivity index (χ1n) is 6.35. The Morgan fingerprint density at radius 1 is 1.29 bits per heavy atom. The van der Waals surface area contributed by atoms with Gasteiger partial charge in [-0.2, -0.15) is 0 Å². The number of nitroso groups, excluding NO2 is 1. The van der Waals surface area contributed by atoms with Crippen molar-refractivity contribution in [1.82, 2.24) is 10.6 Å². The Morgan fingerprint density at radius 2 is 1.86 bits per heavy atom. The molecular formula is C12H21N3O5S. The molecular weight excluding hydrogens is 298 g/mol. The zero-order valence-electron chi connectivity index (χ0n) is 12.8. The number of carbonyl (C=O) groups excluding carboxylic acids is 3. The van der Waals surface area contributed by atoms with Gasteiger partial charge >= 0.3 is 5.97 Å². The third-order valence-electron chi connectivity index (χ3n) is 2.35. The molecule has 1 atom stereocenters. The lowest BCUT2D eigenvalue weighted by Crippen LogP contribution is -2.56. The first-order chi connectivity index (χ1) is 9.60. The number of rotatable bonds is 8. The van der Waals surface area contributed by atoms with Crippen molar-refractivity contribution in [1.29, 1.82) is 0 Å². The normalized spacial score (nSPS) is 12.5. The first-order valence-corrected chi connectivity index (χ1v) is 7.12. The average Bonchev–Trinajstić information content (AvgIpc) is 2.31. The van der Waals surface area contributed by atoms with Crippen molar-refractivity contribution < 1.29 is 19.1 Å². The summed E-state index contributed by atoms with van der Waals surface area (Å²) in [6.07, 6.45) is -0.285. The van der Waals surface area contributed by atoms with Crippen LogP contribution in [0.15, 0.2) is 4.58 Å². The van der Waals surface area contributed by atoms with E-state index in [0.29, 0.717) is 11.9 Å². The van der Waals surface area contributed by atoms with Gasteiger partial charge < -0.3 is 15.4 Å². The summed E-state index contributed by atoms with van der Waals surface area (Å²) in [5.74, 6) is -1.61. The summed E-state index contributed by atoms with van der Waals surface area (Å²) in [4.78, 5) is 45.1. The predicted molar refractivity (Wildman–Crippen MR) is 79.3 cm³/mol. The molecule has 0 aromatic carbocycles. The average molecular weight is 319 g/mol. The molecule has 0 aromatic rings. The van der Waals surface area contributed by atoms with Gasteiger partial charge in [-0.3, -0.25) is 14.4 Å². The Bertz CT molecular complexity index is 412. The van der Waals surface area contributed by atoms with E-state index >= 15 is 0 Å². The lowest BCUT2D eigenvalue weighted by atomic mass is 10.0. The minimum atomic E-state index is -1.01. The van der Waals surface area contributed by atoms with Gasteiger partial charge in [0.05, 0.1) is 10.9 Å². The van der Waals surface area contributed by atoms with Crippen LogP contribution in [0.25, 0.3) is 0 Å². The van der Waals surface area contributed by atoms with Crippen LogP contribution in [0.5, 0.6) is 0 Å². The van der Waals surface area contributed by atoms with Crippen molar-refractivity contribution in [3.63, 3.8) is 0 Å². The van der Waals surface area contributed by atoms with Crippen molar-refractivity contribution in [3.05, 3.63) is 4.91 Å². The van der Waals surface area contributed by atoms with E-state index in [-0.39, 0.29) is 12.6 Å².